The van der Waals surface area contributed by atoms with Crippen LogP contribution in [0.1, 0.15) is 5.82 Å². The Morgan fingerprint density at radius 2 is 2.00 bits per heavy atom. The van der Waals surface area contributed by atoms with Crippen molar-refractivity contribution in [2.45, 2.75) is 5.88 Å². The fraction of sp³-hybridized carbons (Fsp3) is 0.0714. The van der Waals surface area contributed by atoms with Crippen LogP contribution in [0.15, 0.2) is 40.9 Å². The number of hydrogen-bond acceptors (Lipinski definition) is 1. The molecule has 0 amide bonds. The Labute approximate surface area is 148 Å². The number of benzene rings is 2. The van der Waals surface area contributed by atoms with Gasteiger partial charge in [0.1, 0.15) is 5.82 Å². The van der Waals surface area contributed by atoms with Crippen LogP contribution in [0.25, 0.3) is 16.7 Å². The molecular weight excluding hydrogens is 474 g/mol. The van der Waals surface area contributed by atoms with E-state index in [1.54, 1.807) is 0 Å². The van der Waals surface area contributed by atoms with Crippen LogP contribution in [-0.2, 0) is 5.88 Å². The van der Waals surface area contributed by atoms with Crippen molar-refractivity contribution in [3.05, 3.63) is 55.3 Å². The normalized spacial score (nSPS) is 11.2. The molecule has 0 atom stereocenters. The Morgan fingerprint density at radius 1 is 1.20 bits per heavy atom. The maximum absolute atomic E-state index is 6.05. The summed E-state index contributed by atoms with van der Waals surface area (Å²) in [5, 5.41) is 0.720. The highest BCUT2D eigenvalue weighted by molar-refractivity contribution is 14.1. The first kappa shape index (κ1) is 14.6. The number of halogens is 4. The number of aromatic nitrogens is 2. The van der Waals surface area contributed by atoms with E-state index in [0.717, 1.165) is 35.6 Å². The minimum Gasteiger partial charge on any atom is -0.294 e. The van der Waals surface area contributed by atoms with Gasteiger partial charge in [-0.15, -0.1) is 11.6 Å². The highest BCUT2D eigenvalue weighted by atomic mass is 127. The number of hydrogen-bond donors (Lipinski definition) is 0. The highest BCUT2D eigenvalue weighted by Gasteiger charge is 2.14. The van der Waals surface area contributed by atoms with Gasteiger partial charge in [0.15, 0.2) is 0 Å². The van der Waals surface area contributed by atoms with Crippen LogP contribution < -0.4 is 0 Å². The Balaban J connectivity index is 2.34. The average molecular weight is 482 g/mol. The Hall–Kier alpha value is -0.300. The molecule has 20 heavy (non-hydrogen) atoms. The van der Waals surface area contributed by atoms with E-state index in [-0.39, 0.29) is 0 Å². The zero-order valence-corrected chi connectivity index (χ0v) is 15.3. The third-order valence-electron chi connectivity index (χ3n) is 2.96. The molecule has 0 N–H and O–H groups in total. The van der Waals surface area contributed by atoms with Crippen LogP contribution in [0.3, 0.4) is 0 Å². The van der Waals surface area contributed by atoms with Gasteiger partial charge in [-0.2, -0.15) is 0 Å². The predicted octanol–water partition coefficient (Wildman–Crippen LogP) is 5.78. The molecule has 0 aliphatic carbocycles. The molecule has 0 aliphatic heterocycles. The van der Waals surface area contributed by atoms with Gasteiger partial charge < -0.3 is 0 Å². The van der Waals surface area contributed by atoms with Crippen molar-refractivity contribution in [2.75, 3.05) is 0 Å². The molecule has 0 bridgehead atoms. The molecule has 6 heteroatoms. The van der Waals surface area contributed by atoms with Gasteiger partial charge in [0, 0.05) is 13.1 Å². The molecule has 0 radical (unpaired) electrons. The second-order valence-corrected chi connectivity index (χ2v) is 7.01. The van der Waals surface area contributed by atoms with Crippen LogP contribution in [-0.4, -0.2) is 9.55 Å². The average Bonchev–Trinajstić information content (AvgIpc) is 2.76. The standard InChI is InChI=1S/C14H8BrCl2IN2/c15-8-1-3-13-11(5-8)19-14(7-16)20(13)12-4-2-9(17)6-10(12)18/h1-6H,7H2. The monoisotopic (exact) mass is 480 g/mol. The van der Waals surface area contributed by atoms with E-state index in [2.05, 4.69) is 48.1 Å². The Kier molecular flexibility index (Phi) is 4.26. The summed E-state index contributed by atoms with van der Waals surface area (Å²) >= 11 is 17.8. The van der Waals surface area contributed by atoms with Crippen molar-refractivity contribution >= 4 is 72.8 Å². The molecule has 102 valence electrons. The van der Waals surface area contributed by atoms with E-state index in [0.29, 0.717) is 5.88 Å². The van der Waals surface area contributed by atoms with E-state index in [4.69, 9.17) is 23.2 Å². The summed E-state index contributed by atoms with van der Waals surface area (Å²) in [7, 11) is 0. The van der Waals surface area contributed by atoms with Crippen molar-refractivity contribution in [3.63, 3.8) is 0 Å². The summed E-state index contributed by atoms with van der Waals surface area (Å²) in [4.78, 5) is 4.60. The molecule has 0 saturated heterocycles. The van der Waals surface area contributed by atoms with Crippen LogP contribution in [0.2, 0.25) is 5.02 Å². The summed E-state index contributed by atoms with van der Waals surface area (Å²) in [6.07, 6.45) is 0. The third kappa shape index (κ3) is 2.58. The first-order valence-electron chi connectivity index (χ1n) is 5.78. The maximum Gasteiger partial charge on any atom is 0.129 e. The number of nitrogens with zero attached hydrogens (tertiary/aromatic N) is 2. The third-order valence-corrected chi connectivity index (χ3v) is 4.79. The fourth-order valence-electron chi connectivity index (χ4n) is 2.12. The van der Waals surface area contributed by atoms with Crippen molar-refractivity contribution in [3.8, 4) is 5.69 Å². The second kappa shape index (κ2) is 5.83. The van der Waals surface area contributed by atoms with Gasteiger partial charge in [0.2, 0.25) is 0 Å². The first-order chi connectivity index (χ1) is 9.60. The van der Waals surface area contributed by atoms with Crippen molar-refractivity contribution in [1.82, 2.24) is 9.55 Å². The molecule has 0 saturated carbocycles. The molecule has 0 fully saturated rings. The summed E-state index contributed by atoms with van der Waals surface area (Å²) in [6, 6.07) is 11.8. The minimum atomic E-state index is 0.352. The number of rotatable bonds is 2. The number of fused-ring (bicyclic) bond motifs is 1. The van der Waals surface area contributed by atoms with Crippen molar-refractivity contribution in [2.24, 2.45) is 0 Å². The summed E-state index contributed by atoms with van der Waals surface area (Å²) < 4.78 is 4.14. The number of alkyl halides is 1. The molecule has 0 unspecified atom stereocenters. The Bertz CT molecular complexity index is 801. The van der Waals surface area contributed by atoms with Gasteiger partial charge in [-0.3, -0.25) is 4.57 Å². The summed E-state index contributed by atoms with van der Waals surface area (Å²) in [5.74, 6) is 1.17. The lowest BCUT2D eigenvalue weighted by Crippen LogP contribution is -2.01. The van der Waals surface area contributed by atoms with E-state index in [1.807, 2.05) is 36.4 Å². The Morgan fingerprint density at radius 3 is 2.70 bits per heavy atom. The molecule has 0 aliphatic rings. The second-order valence-electron chi connectivity index (χ2n) is 4.23. The topological polar surface area (TPSA) is 17.8 Å². The molecular formula is C14H8BrCl2IN2. The predicted molar refractivity (Wildman–Crippen MR) is 96.1 cm³/mol. The molecule has 1 aromatic heterocycles. The smallest absolute Gasteiger partial charge is 0.129 e. The highest BCUT2D eigenvalue weighted by Crippen LogP contribution is 2.29. The lowest BCUT2D eigenvalue weighted by atomic mass is 10.3. The van der Waals surface area contributed by atoms with Gasteiger partial charge in [0.05, 0.1) is 22.6 Å². The first-order valence-corrected chi connectivity index (χ1v) is 8.57. The van der Waals surface area contributed by atoms with Gasteiger partial charge >= 0.3 is 0 Å². The maximum atomic E-state index is 6.05. The zero-order valence-electron chi connectivity index (χ0n) is 10.1. The SMILES string of the molecule is ClCc1nc2cc(Br)ccc2n1-c1ccc(Cl)cc1I. The van der Waals surface area contributed by atoms with E-state index < -0.39 is 0 Å². The summed E-state index contributed by atoms with van der Waals surface area (Å²) in [6.45, 7) is 0. The molecule has 1 heterocycles. The molecule has 2 nitrogen and oxygen atoms in total. The van der Waals surface area contributed by atoms with Gasteiger partial charge in [-0.05, 0) is 59.0 Å². The van der Waals surface area contributed by atoms with Crippen LogP contribution in [0.5, 0.6) is 0 Å². The largest absolute Gasteiger partial charge is 0.294 e. The summed E-state index contributed by atoms with van der Waals surface area (Å²) in [5.41, 5.74) is 2.99. The lowest BCUT2D eigenvalue weighted by molar-refractivity contribution is 0.977. The molecule has 0 spiro atoms. The molecule has 3 aromatic rings. The van der Waals surface area contributed by atoms with Gasteiger partial charge in [-0.25, -0.2) is 4.98 Å². The van der Waals surface area contributed by atoms with Crippen LogP contribution in [0, 0.1) is 3.57 Å². The minimum absolute atomic E-state index is 0.352. The van der Waals surface area contributed by atoms with Crippen molar-refractivity contribution < 1.29 is 0 Å². The molecule has 2 aromatic carbocycles. The fourth-order valence-corrected chi connectivity index (χ4v) is 3.77. The van der Waals surface area contributed by atoms with E-state index in [9.17, 15) is 0 Å². The lowest BCUT2D eigenvalue weighted by Gasteiger charge is -2.10. The van der Waals surface area contributed by atoms with Crippen LogP contribution >= 0.6 is 61.7 Å². The van der Waals surface area contributed by atoms with Gasteiger partial charge in [-0.1, -0.05) is 27.5 Å². The van der Waals surface area contributed by atoms with Crippen molar-refractivity contribution in [1.29, 1.82) is 0 Å². The van der Waals surface area contributed by atoms with Gasteiger partial charge in [0.25, 0.3) is 0 Å². The van der Waals surface area contributed by atoms with Crippen LogP contribution in [0.4, 0.5) is 0 Å². The van der Waals surface area contributed by atoms with E-state index in [1.165, 1.54) is 0 Å². The van der Waals surface area contributed by atoms with E-state index >= 15 is 0 Å². The zero-order chi connectivity index (χ0) is 14.3. The quantitative estimate of drug-likeness (QED) is 0.335. The number of imidazole rings is 1. The molecule has 3 rings (SSSR count).